The lowest BCUT2D eigenvalue weighted by Crippen LogP contribution is -2.48. The van der Waals surface area contributed by atoms with Gasteiger partial charge in [-0.25, -0.2) is 0 Å². The largest absolute Gasteiger partial charge is 1.07 e. The molecule has 100 heavy (non-hydrogen) atoms. The van der Waals surface area contributed by atoms with E-state index in [0.29, 0.717) is 49.2 Å². The molecule has 2 aliphatic rings. The standard InChI is InChI=1S/C45H68N4O2.C42H52N2O2.2Al.O/c1-12-17-25-48(13-2,14-3)33-36-26-38(42(50)40(28-36)44(6,7)8)30-46-23-24-47-31-39-27-37(29-41(43(39)51)45(9,10)11)34-49(15-4,16-5)32-35-21-19-18-20-22-35;1-41(2,3)37-27-33(21-13-19-31-15-9-7-10-16-31)25-35(39(37)45)29-43-23-24-44-30-36-26-34(28-38(40(36)46)42(4,5)6)22-14-20-32-17-11-8-12-18-32;;;/h18-22,26-31H,12-17,23-25,32-34H2,1-11H3;7-12,15-18,25-30,45-46H,13-14,19-24H2,1-6H3;;;/q;;2*+2;/p-2. The lowest BCUT2D eigenvalue weighted by Gasteiger charge is -2.38. The zero-order valence-electron chi connectivity index (χ0n) is 64.1. The first-order valence-electron chi connectivity index (χ1n) is 37.6. The summed E-state index contributed by atoms with van der Waals surface area (Å²) in [5.41, 5.74) is 15.1. The molecule has 0 atom stereocenters. The Balaban J connectivity index is 1.29. The monoisotopic (exact) mass is 1380 g/mol. The average Bonchev–Trinajstić information content (AvgIpc) is 0.886. The second kappa shape index (κ2) is 35.0. The Morgan fingerprint density at radius 3 is 0.930 bits per heavy atom. The lowest BCUT2D eigenvalue weighted by atomic mass is 9.83. The van der Waals surface area contributed by atoms with E-state index in [2.05, 4.69) is 257 Å². The van der Waals surface area contributed by atoms with Crippen LogP contribution in [0.1, 0.15) is 227 Å². The van der Waals surface area contributed by atoms with E-state index in [1.807, 2.05) is 24.9 Å². The molecule has 0 spiro atoms. The Kier molecular flexibility index (Phi) is 27.2. The Hall–Kier alpha value is -6.64. The molecule has 9 rings (SSSR count). The Morgan fingerprint density at radius 1 is 0.340 bits per heavy atom. The highest BCUT2D eigenvalue weighted by atomic mass is 27.3. The second-order valence-electron chi connectivity index (χ2n) is 32.2. The van der Waals surface area contributed by atoms with Gasteiger partial charge in [-0.2, -0.15) is 0 Å². The van der Waals surface area contributed by atoms with Gasteiger partial charge in [0.15, 0.2) is 0 Å². The molecule has 0 unspecified atom stereocenters. The number of aliphatic imine (C=N–C) groups is 4. The SMILES string of the molecule is CCCC[N+](CC)(CC)Cc1cc2c(c(C(C)(C)C)c1)[O][Al]([O][Al]1[O]c3c(cc(CCCc4ccccc4)cc3C(C)(C)C)C=NCCN=Cc3cc(CCCc4ccccc4)cc(C(C)(C)C)c3[O]1)[O]c1c(cc(C[N+](CC)(CC)Cc3ccccc3)cc1C(C)(C)C)C=NCCN=C2. The Bertz CT molecular complexity index is 3780. The first-order chi connectivity index (χ1) is 47.7. The molecule has 0 fully saturated rings. The van der Waals surface area contributed by atoms with Crippen molar-refractivity contribution in [3.63, 3.8) is 0 Å². The van der Waals surface area contributed by atoms with Crippen molar-refractivity contribution in [1.29, 1.82) is 0 Å². The molecule has 7 aromatic carbocycles. The summed E-state index contributed by atoms with van der Waals surface area (Å²) in [6.45, 7) is 48.7. The third-order valence-electron chi connectivity index (χ3n) is 20.3. The molecule has 2 heterocycles. The molecular weight excluding hydrogens is 1260 g/mol. The lowest BCUT2D eigenvalue weighted by molar-refractivity contribution is -0.950. The number of hydrogen-bond donors (Lipinski definition) is 0. The van der Waals surface area contributed by atoms with E-state index >= 15 is 0 Å². The normalized spacial score (nSPS) is 14.3. The topological polar surface area (TPSA) is 95.6 Å². The van der Waals surface area contributed by atoms with Crippen molar-refractivity contribution in [2.24, 2.45) is 20.0 Å². The summed E-state index contributed by atoms with van der Waals surface area (Å²) in [7, 11) is 0. The van der Waals surface area contributed by atoms with Gasteiger partial charge < -0.3 is 27.0 Å². The van der Waals surface area contributed by atoms with Gasteiger partial charge in [0.1, 0.15) is 19.6 Å². The highest BCUT2D eigenvalue weighted by Crippen LogP contribution is 2.43. The molecule has 0 bridgehead atoms. The van der Waals surface area contributed by atoms with Crippen molar-refractivity contribution in [2.45, 2.75) is 210 Å². The van der Waals surface area contributed by atoms with E-state index in [-0.39, 0.29) is 16.2 Å². The van der Waals surface area contributed by atoms with Crippen LogP contribution in [0.3, 0.4) is 0 Å². The van der Waals surface area contributed by atoms with E-state index < -0.39 is 35.7 Å². The van der Waals surface area contributed by atoms with Gasteiger partial charge in [0.25, 0.3) is 0 Å². The van der Waals surface area contributed by atoms with Crippen LogP contribution in [0.15, 0.2) is 159 Å². The van der Waals surface area contributed by atoms with Crippen molar-refractivity contribution in [3.05, 3.63) is 223 Å². The van der Waals surface area contributed by atoms with Crippen LogP contribution in [-0.4, -0.2) is 123 Å². The third kappa shape index (κ3) is 21.3. The maximum Gasteiger partial charge on any atom is 1.07 e. The number of benzene rings is 7. The summed E-state index contributed by atoms with van der Waals surface area (Å²) in [4.78, 5) is 20.7. The third-order valence-corrected chi connectivity index (χ3v) is 23.8. The first kappa shape index (κ1) is 77.5. The number of nitrogens with zero attached hydrogens (tertiary/aromatic N) is 6. The highest BCUT2D eigenvalue weighted by molar-refractivity contribution is 6.54. The molecular formula is C87H118Al2N6O5+2. The predicted molar refractivity (Wildman–Crippen MR) is 422 cm³/mol. The van der Waals surface area contributed by atoms with Crippen LogP contribution >= 0.6 is 0 Å². The molecule has 0 saturated carbocycles. The van der Waals surface area contributed by atoms with Gasteiger partial charge in [-0.15, -0.1) is 0 Å². The molecule has 0 aliphatic carbocycles. The van der Waals surface area contributed by atoms with Crippen LogP contribution in [-0.2, 0) is 69.8 Å². The van der Waals surface area contributed by atoms with E-state index in [9.17, 15) is 0 Å². The molecule has 0 radical (unpaired) electrons. The molecule has 0 aromatic heterocycles. The molecule has 530 valence electrons. The van der Waals surface area contributed by atoms with Crippen LogP contribution in [0.25, 0.3) is 0 Å². The van der Waals surface area contributed by atoms with Crippen LogP contribution in [0.4, 0.5) is 0 Å². The fourth-order valence-electron chi connectivity index (χ4n) is 14.1. The minimum atomic E-state index is -3.68. The zero-order chi connectivity index (χ0) is 71.7. The van der Waals surface area contributed by atoms with Gasteiger partial charge >= 0.3 is 30.3 Å². The summed E-state index contributed by atoms with van der Waals surface area (Å²) in [6.07, 6.45) is 16.0. The van der Waals surface area contributed by atoms with E-state index in [4.69, 9.17) is 38.0 Å². The summed E-state index contributed by atoms with van der Waals surface area (Å²) >= 11 is -7.34. The van der Waals surface area contributed by atoms with Gasteiger partial charge in [-0.05, 0) is 175 Å². The van der Waals surface area contributed by atoms with Crippen LogP contribution in [0, 0.1) is 0 Å². The summed E-state index contributed by atoms with van der Waals surface area (Å²) in [5, 5.41) is 0. The van der Waals surface area contributed by atoms with E-state index in [1.54, 1.807) is 0 Å². The van der Waals surface area contributed by atoms with Crippen molar-refractivity contribution < 1.29 is 27.0 Å². The number of hydrogen-bond acceptors (Lipinski definition) is 9. The number of fused-ring (bicyclic) bond motifs is 4. The average molecular weight is 1380 g/mol. The Labute approximate surface area is 613 Å². The number of unbranched alkanes of at least 4 members (excludes halogenated alkanes) is 1. The molecule has 7 aromatic rings. The van der Waals surface area contributed by atoms with Crippen molar-refractivity contribution in [2.75, 3.05) is 58.9 Å². The smallest absolute Gasteiger partial charge is 0.589 e. The van der Waals surface area contributed by atoms with Crippen molar-refractivity contribution >= 4 is 55.2 Å². The summed E-state index contributed by atoms with van der Waals surface area (Å²) in [6, 6.07) is 51.2. The van der Waals surface area contributed by atoms with Crippen molar-refractivity contribution in [3.8, 4) is 23.0 Å². The fourth-order valence-corrected chi connectivity index (χ4v) is 17.6. The summed E-state index contributed by atoms with van der Waals surface area (Å²) in [5.74, 6) is 2.77. The van der Waals surface area contributed by atoms with E-state index in [1.165, 1.54) is 45.4 Å². The second-order valence-corrected chi connectivity index (χ2v) is 35.4. The van der Waals surface area contributed by atoms with Gasteiger partial charge in [0.05, 0.1) is 81.9 Å². The maximum absolute atomic E-state index is 8.00. The van der Waals surface area contributed by atoms with Crippen molar-refractivity contribution in [1.82, 2.24) is 0 Å². The van der Waals surface area contributed by atoms with Crippen LogP contribution in [0.5, 0.6) is 23.0 Å². The highest BCUT2D eigenvalue weighted by Gasteiger charge is 2.55. The number of aryl methyl sites for hydroxylation is 4. The van der Waals surface area contributed by atoms with Crippen LogP contribution in [0.2, 0.25) is 0 Å². The molecule has 13 heteroatoms. The van der Waals surface area contributed by atoms with E-state index in [0.717, 1.165) is 151 Å². The zero-order valence-corrected chi connectivity index (χ0v) is 66.4. The van der Waals surface area contributed by atoms with Gasteiger partial charge in [-0.1, -0.05) is 200 Å². The molecule has 0 amide bonds. The Morgan fingerprint density at radius 2 is 0.620 bits per heavy atom. The molecule has 2 aliphatic heterocycles. The minimum Gasteiger partial charge on any atom is -0.589 e. The number of quaternary nitrogens is 2. The van der Waals surface area contributed by atoms with Gasteiger partial charge in [0, 0.05) is 63.8 Å². The predicted octanol–water partition coefficient (Wildman–Crippen LogP) is 19.2. The fraction of sp³-hybridized carbons (Fsp3) is 0.471. The van der Waals surface area contributed by atoms with Gasteiger partial charge in [0.2, 0.25) is 0 Å². The number of rotatable bonds is 23. The minimum absolute atomic E-state index is 0.382. The maximum atomic E-state index is 8.00. The van der Waals surface area contributed by atoms with Crippen LogP contribution < -0.4 is 15.2 Å². The molecule has 0 saturated heterocycles. The molecule has 11 nitrogen and oxygen atoms in total. The first-order valence-corrected chi connectivity index (χ1v) is 40.4. The van der Waals surface area contributed by atoms with Gasteiger partial charge in [-0.3, -0.25) is 20.0 Å². The molecule has 0 N–H and O–H groups in total. The quantitative estimate of drug-likeness (QED) is 0.0470. The summed E-state index contributed by atoms with van der Waals surface area (Å²) < 4.78 is 41.5.